The molecule has 1 aliphatic heterocycles. The van der Waals surface area contributed by atoms with Crippen LogP contribution in [0.4, 0.5) is 0 Å². The molecule has 0 bridgehead atoms. The highest BCUT2D eigenvalue weighted by Gasteiger charge is 2.19. The molecular weight excluding hydrogens is 383 g/mol. The van der Waals surface area contributed by atoms with Gasteiger partial charge in [0.1, 0.15) is 6.54 Å². The second-order valence-corrected chi connectivity index (χ2v) is 5.70. The quantitative estimate of drug-likeness (QED) is 0.415. The van der Waals surface area contributed by atoms with Crippen LogP contribution in [0.25, 0.3) is 0 Å². The lowest BCUT2D eigenvalue weighted by Crippen LogP contribution is -2.48. The first-order valence-corrected chi connectivity index (χ1v) is 7.61. The van der Waals surface area contributed by atoms with Gasteiger partial charge in [-0.15, -0.1) is 24.0 Å². The Kier molecular flexibility index (Phi) is 8.31. The summed E-state index contributed by atoms with van der Waals surface area (Å²) in [6.45, 7) is 4.26. The average Bonchev–Trinajstić information content (AvgIpc) is 2.46. The van der Waals surface area contributed by atoms with Crippen molar-refractivity contribution in [2.75, 3.05) is 26.2 Å². The van der Waals surface area contributed by atoms with Crippen LogP contribution in [0.5, 0.6) is 0 Å². The Balaban J connectivity index is 0.00000220. The Labute approximate surface area is 143 Å². The molecule has 7 heteroatoms. The molecule has 0 spiro atoms. The number of guanidine groups is 1. The third-order valence-electron chi connectivity index (χ3n) is 3.92. The topological polar surface area (TPSA) is 80.0 Å². The highest BCUT2D eigenvalue weighted by molar-refractivity contribution is 14.0. The van der Waals surface area contributed by atoms with E-state index in [1.54, 1.807) is 0 Å². The first kappa shape index (κ1) is 18.5. The maximum absolute atomic E-state index is 11.8. The summed E-state index contributed by atoms with van der Waals surface area (Å²) < 4.78 is 5.45. The summed E-state index contributed by atoms with van der Waals surface area (Å²) in [5, 5.41) is 3.04. The maximum Gasteiger partial charge on any atom is 0.242 e. The van der Waals surface area contributed by atoms with Gasteiger partial charge < -0.3 is 20.7 Å². The number of hydrogen-bond donors (Lipinski definition) is 2. The van der Waals surface area contributed by atoms with Gasteiger partial charge in [0.05, 0.1) is 12.7 Å². The number of carbonyl (C=O) groups is 1. The SMILES string of the molecule is CC1CN(C(N)=NCC(=O)NC2CCCCC2)CCO1.I. The fourth-order valence-corrected chi connectivity index (χ4v) is 2.80. The molecule has 1 amide bonds. The summed E-state index contributed by atoms with van der Waals surface area (Å²) in [6.07, 6.45) is 6.04. The zero-order chi connectivity index (χ0) is 14.4. The Morgan fingerprint density at radius 1 is 1.38 bits per heavy atom. The number of rotatable bonds is 3. The van der Waals surface area contributed by atoms with E-state index in [-0.39, 0.29) is 42.5 Å². The van der Waals surface area contributed by atoms with Gasteiger partial charge in [-0.05, 0) is 19.8 Å². The van der Waals surface area contributed by atoms with Gasteiger partial charge in [-0.1, -0.05) is 19.3 Å². The van der Waals surface area contributed by atoms with E-state index in [2.05, 4.69) is 10.3 Å². The van der Waals surface area contributed by atoms with Gasteiger partial charge in [-0.3, -0.25) is 4.79 Å². The smallest absolute Gasteiger partial charge is 0.242 e. The molecular formula is C14H27IN4O2. The Morgan fingerprint density at radius 3 is 2.76 bits per heavy atom. The number of halogens is 1. The molecule has 1 atom stereocenters. The Morgan fingerprint density at radius 2 is 2.10 bits per heavy atom. The van der Waals surface area contributed by atoms with Crippen LogP contribution in [0.1, 0.15) is 39.0 Å². The zero-order valence-electron chi connectivity index (χ0n) is 12.7. The van der Waals surface area contributed by atoms with Crippen molar-refractivity contribution in [3.8, 4) is 0 Å². The van der Waals surface area contributed by atoms with Crippen LogP contribution < -0.4 is 11.1 Å². The molecule has 0 aromatic rings. The van der Waals surface area contributed by atoms with Gasteiger partial charge in [-0.25, -0.2) is 4.99 Å². The summed E-state index contributed by atoms with van der Waals surface area (Å²) in [5.74, 6) is 0.417. The number of amides is 1. The monoisotopic (exact) mass is 410 g/mol. The van der Waals surface area contributed by atoms with Crippen LogP contribution in [-0.2, 0) is 9.53 Å². The molecule has 1 aliphatic carbocycles. The van der Waals surface area contributed by atoms with E-state index in [0.29, 0.717) is 18.6 Å². The number of aliphatic imine (C=N–C) groups is 1. The third-order valence-corrected chi connectivity index (χ3v) is 3.92. The fourth-order valence-electron chi connectivity index (χ4n) is 2.80. The van der Waals surface area contributed by atoms with Crippen LogP contribution in [0.2, 0.25) is 0 Å². The van der Waals surface area contributed by atoms with Crippen molar-refractivity contribution in [1.29, 1.82) is 0 Å². The van der Waals surface area contributed by atoms with Crippen molar-refractivity contribution < 1.29 is 9.53 Å². The number of morpholine rings is 1. The number of hydrogen-bond acceptors (Lipinski definition) is 3. The van der Waals surface area contributed by atoms with E-state index in [9.17, 15) is 4.79 Å². The van der Waals surface area contributed by atoms with E-state index in [1.165, 1.54) is 19.3 Å². The van der Waals surface area contributed by atoms with Gasteiger partial charge in [0.15, 0.2) is 5.96 Å². The molecule has 2 aliphatic rings. The van der Waals surface area contributed by atoms with Crippen LogP contribution in [-0.4, -0.2) is 55.2 Å². The molecule has 1 heterocycles. The molecule has 1 saturated carbocycles. The molecule has 3 N–H and O–H groups in total. The van der Waals surface area contributed by atoms with Crippen LogP contribution in [0, 0.1) is 0 Å². The standard InChI is InChI=1S/C14H26N4O2.HI/c1-11-10-18(7-8-20-11)14(15)16-9-13(19)17-12-5-3-2-4-6-12;/h11-12H,2-10H2,1H3,(H2,15,16)(H,17,19);1H. The predicted molar refractivity (Wildman–Crippen MR) is 93.9 cm³/mol. The molecule has 1 saturated heterocycles. The molecule has 122 valence electrons. The van der Waals surface area contributed by atoms with Crippen LogP contribution in [0.3, 0.4) is 0 Å². The number of nitrogens with zero attached hydrogens (tertiary/aromatic N) is 2. The minimum Gasteiger partial charge on any atom is -0.375 e. The molecule has 6 nitrogen and oxygen atoms in total. The largest absolute Gasteiger partial charge is 0.375 e. The highest BCUT2D eigenvalue weighted by Crippen LogP contribution is 2.17. The lowest BCUT2D eigenvalue weighted by Gasteiger charge is -2.31. The zero-order valence-corrected chi connectivity index (χ0v) is 15.0. The van der Waals surface area contributed by atoms with Crippen molar-refractivity contribution in [1.82, 2.24) is 10.2 Å². The van der Waals surface area contributed by atoms with Gasteiger partial charge in [0, 0.05) is 19.1 Å². The normalized spacial score (nSPS) is 24.3. The highest BCUT2D eigenvalue weighted by atomic mass is 127. The van der Waals surface area contributed by atoms with Crippen molar-refractivity contribution in [2.45, 2.75) is 51.2 Å². The number of carbonyl (C=O) groups excluding carboxylic acids is 1. The second kappa shape index (κ2) is 9.45. The first-order valence-electron chi connectivity index (χ1n) is 7.61. The fraction of sp³-hybridized carbons (Fsp3) is 0.857. The minimum atomic E-state index is -0.0267. The molecule has 2 rings (SSSR count). The van der Waals surface area contributed by atoms with E-state index in [0.717, 1.165) is 25.9 Å². The number of nitrogens with two attached hydrogens (primary N) is 1. The Hall–Kier alpha value is -0.570. The number of nitrogens with one attached hydrogen (secondary N) is 1. The summed E-state index contributed by atoms with van der Waals surface area (Å²) >= 11 is 0. The average molecular weight is 410 g/mol. The van der Waals surface area contributed by atoms with Gasteiger partial charge in [-0.2, -0.15) is 0 Å². The lowest BCUT2D eigenvalue weighted by atomic mass is 9.95. The minimum absolute atomic E-state index is 0. The molecule has 21 heavy (non-hydrogen) atoms. The molecule has 0 aromatic heterocycles. The van der Waals surface area contributed by atoms with Gasteiger partial charge in [0.25, 0.3) is 0 Å². The van der Waals surface area contributed by atoms with Gasteiger partial charge in [0.2, 0.25) is 5.91 Å². The molecule has 1 unspecified atom stereocenters. The number of ether oxygens (including phenoxy) is 1. The maximum atomic E-state index is 11.8. The summed E-state index contributed by atoms with van der Waals surface area (Å²) in [7, 11) is 0. The third kappa shape index (κ3) is 6.37. The van der Waals surface area contributed by atoms with E-state index in [4.69, 9.17) is 10.5 Å². The molecule has 0 radical (unpaired) electrons. The summed E-state index contributed by atoms with van der Waals surface area (Å²) in [5.41, 5.74) is 5.93. The van der Waals surface area contributed by atoms with Crippen molar-refractivity contribution >= 4 is 35.8 Å². The molecule has 0 aromatic carbocycles. The van der Waals surface area contributed by atoms with E-state index < -0.39 is 0 Å². The van der Waals surface area contributed by atoms with Gasteiger partial charge >= 0.3 is 0 Å². The second-order valence-electron chi connectivity index (χ2n) is 5.70. The van der Waals surface area contributed by atoms with Crippen LogP contribution >= 0.6 is 24.0 Å². The summed E-state index contributed by atoms with van der Waals surface area (Å²) in [6, 6.07) is 0.330. The molecule has 2 fully saturated rings. The van der Waals surface area contributed by atoms with E-state index in [1.807, 2.05) is 11.8 Å². The van der Waals surface area contributed by atoms with Crippen LogP contribution in [0.15, 0.2) is 4.99 Å². The van der Waals surface area contributed by atoms with Crippen molar-refractivity contribution in [3.63, 3.8) is 0 Å². The Bertz CT molecular complexity index is 359. The summed E-state index contributed by atoms with van der Waals surface area (Å²) in [4.78, 5) is 18.0. The lowest BCUT2D eigenvalue weighted by molar-refractivity contribution is -0.120. The van der Waals surface area contributed by atoms with E-state index >= 15 is 0 Å². The predicted octanol–water partition coefficient (Wildman–Crippen LogP) is 1.09. The van der Waals surface area contributed by atoms with Crippen molar-refractivity contribution in [2.24, 2.45) is 10.7 Å². The van der Waals surface area contributed by atoms with Crippen molar-refractivity contribution in [3.05, 3.63) is 0 Å². The first-order chi connectivity index (χ1) is 9.65.